The number of carbonyl (C=O) groups is 1. The van der Waals surface area contributed by atoms with Crippen molar-refractivity contribution in [3.05, 3.63) is 0 Å². The quantitative estimate of drug-likeness (QED) is 0.533. The third-order valence-electron chi connectivity index (χ3n) is 1.64. The molecule has 2 nitrogen and oxygen atoms in total. The summed E-state index contributed by atoms with van der Waals surface area (Å²) in [6.07, 6.45) is 2.07. The summed E-state index contributed by atoms with van der Waals surface area (Å²) in [5, 5.41) is 0. The lowest BCUT2D eigenvalue weighted by atomic mass is 9.96. The molecule has 1 rings (SSSR count). The molecule has 0 aromatic rings. The van der Waals surface area contributed by atoms with E-state index in [1.165, 1.54) is 0 Å². The van der Waals surface area contributed by atoms with Gasteiger partial charge in [-0.2, -0.15) is 0 Å². The molecule has 1 aliphatic rings. The maximum absolute atomic E-state index is 11.1. The Labute approximate surface area is 59.4 Å². The maximum atomic E-state index is 11.1. The molecule has 1 aliphatic carbocycles. The number of hydrogen-bond acceptors (Lipinski definition) is 2. The number of hydrogen-bond donors (Lipinski definition) is 0. The van der Waals surface area contributed by atoms with Crippen molar-refractivity contribution in [3.8, 4) is 0 Å². The van der Waals surface area contributed by atoms with E-state index >= 15 is 0 Å². The highest BCUT2D eigenvalue weighted by Gasteiger charge is 2.20. The predicted molar refractivity (Wildman–Crippen MR) is 34.3 cm³/mol. The summed E-state index contributed by atoms with van der Waals surface area (Å²) in [5.41, 5.74) is 0. The summed E-state index contributed by atoms with van der Waals surface area (Å²) in [6, 6.07) is 0. The van der Waals surface area contributed by atoms with E-state index in [0.717, 1.165) is 12.8 Å². The van der Waals surface area contributed by atoms with Crippen LogP contribution in [0.5, 0.6) is 0 Å². The Balaban J connectivity index is 2.45. The zero-order valence-corrected chi connectivity index (χ0v) is 5.22. The van der Waals surface area contributed by atoms with E-state index in [0.29, 0.717) is 12.8 Å². The van der Waals surface area contributed by atoms with Crippen molar-refractivity contribution in [1.29, 1.82) is 0 Å². The summed E-state index contributed by atoms with van der Waals surface area (Å²) in [4.78, 5) is 11.1. The van der Waals surface area contributed by atoms with Gasteiger partial charge in [-0.05, 0) is 19.3 Å². The first-order valence-corrected chi connectivity index (χ1v) is 3.19. The van der Waals surface area contributed by atoms with Crippen LogP contribution in [-0.2, 0) is 9.53 Å². The van der Waals surface area contributed by atoms with Crippen molar-refractivity contribution in [3.63, 3.8) is 0 Å². The second-order valence-electron chi connectivity index (χ2n) is 2.32. The first-order valence-electron chi connectivity index (χ1n) is 4.69. The van der Waals surface area contributed by atoms with Crippen LogP contribution in [0, 0.1) is 0 Å². The molecule has 0 bridgehead atoms. The number of Topliss-reactive ketones (excluding diaryl/α,β-unsaturated/α-hetero) is 1. The van der Waals surface area contributed by atoms with E-state index in [1.807, 2.05) is 0 Å². The van der Waals surface area contributed by atoms with Crippen molar-refractivity contribution < 1.29 is 13.6 Å². The minimum Gasteiger partial charge on any atom is -0.374 e. The molecule has 0 spiro atoms. The first-order chi connectivity index (χ1) is 5.49. The summed E-state index contributed by atoms with van der Waals surface area (Å²) < 4.78 is 25.1. The highest BCUT2D eigenvalue weighted by Crippen LogP contribution is 2.16. The molecule has 0 saturated heterocycles. The molecule has 0 radical (unpaired) electrons. The molecular formula is C7H12O2. The number of ketones is 1. The average Bonchev–Trinajstić information content (AvgIpc) is 1.91. The van der Waals surface area contributed by atoms with Gasteiger partial charge in [-0.25, -0.2) is 0 Å². The van der Waals surface area contributed by atoms with Gasteiger partial charge in [0.15, 0.2) is 5.78 Å². The number of rotatable bonds is 1. The molecule has 1 unspecified atom stereocenters. The summed E-state index contributed by atoms with van der Waals surface area (Å²) in [6.45, 7) is 0. The van der Waals surface area contributed by atoms with Crippen molar-refractivity contribution >= 4 is 5.78 Å². The Hall–Kier alpha value is -0.370. The number of methoxy groups -OCH3 is 1. The van der Waals surface area contributed by atoms with E-state index in [-0.39, 0.29) is 5.78 Å². The Bertz CT molecular complexity index is 176. The van der Waals surface area contributed by atoms with Crippen LogP contribution in [0.2, 0.25) is 0 Å². The van der Waals surface area contributed by atoms with Crippen LogP contribution in [0.25, 0.3) is 0 Å². The lowest BCUT2D eigenvalue weighted by Crippen LogP contribution is -2.26. The van der Waals surface area contributed by atoms with Gasteiger partial charge in [0, 0.05) is 13.5 Å². The van der Waals surface area contributed by atoms with Gasteiger partial charge in [0.1, 0.15) is 6.10 Å². The van der Waals surface area contributed by atoms with Gasteiger partial charge < -0.3 is 4.74 Å². The Morgan fingerprint density at radius 3 is 3.33 bits per heavy atom. The second kappa shape index (κ2) is 2.97. The molecule has 0 N–H and O–H groups in total. The number of ether oxygens (including phenoxy) is 1. The van der Waals surface area contributed by atoms with E-state index in [2.05, 4.69) is 4.74 Å². The van der Waals surface area contributed by atoms with Gasteiger partial charge in [0.25, 0.3) is 0 Å². The average molecular weight is 131 g/mol. The van der Waals surface area contributed by atoms with E-state index in [1.54, 1.807) is 0 Å². The molecule has 0 aliphatic heterocycles. The smallest absolute Gasteiger partial charge is 0.161 e. The van der Waals surface area contributed by atoms with Crippen LogP contribution >= 0.6 is 0 Å². The largest absolute Gasteiger partial charge is 0.374 e. The molecule has 0 amide bonds. The topological polar surface area (TPSA) is 26.3 Å². The molecule has 1 fully saturated rings. The molecule has 0 heterocycles. The molecule has 2 heteroatoms. The Kier molecular flexibility index (Phi) is 1.23. The Morgan fingerprint density at radius 1 is 1.78 bits per heavy atom. The SMILES string of the molecule is [2H]C([2H])([2H])OC1CCCCC1=O. The van der Waals surface area contributed by atoms with Crippen molar-refractivity contribution in [2.45, 2.75) is 31.8 Å². The van der Waals surface area contributed by atoms with Crippen LogP contribution in [0.4, 0.5) is 0 Å². The van der Waals surface area contributed by atoms with Gasteiger partial charge in [-0.15, -0.1) is 0 Å². The van der Waals surface area contributed by atoms with E-state index in [4.69, 9.17) is 4.11 Å². The predicted octanol–water partition coefficient (Wildman–Crippen LogP) is 1.14. The van der Waals surface area contributed by atoms with Crippen LogP contribution in [-0.4, -0.2) is 18.9 Å². The summed E-state index contributed by atoms with van der Waals surface area (Å²) in [7, 11) is -2.43. The highest BCUT2D eigenvalue weighted by molar-refractivity contribution is 5.83. The third-order valence-corrected chi connectivity index (χ3v) is 1.64. The monoisotopic (exact) mass is 131 g/mol. The van der Waals surface area contributed by atoms with Crippen molar-refractivity contribution in [1.82, 2.24) is 0 Å². The normalized spacial score (nSPS) is 34.9. The van der Waals surface area contributed by atoms with Gasteiger partial charge >= 0.3 is 0 Å². The van der Waals surface area contributed by atoms with Gasteiger partial charge in [-0.3, -0.25) is 4.79 Å². The fourth-order valence-corrected chi connectivity index (χ4v) is 1.08. The van der Waals surface area contributed by atoms with Crippen LogP contribution in [0.3, 0.4) is 0 Å². The van der Waals surface area contributed by atoms with Crippen LogP contribution < -0.4 is 0 Å². The van der Waals surface area contributed by atoms with Crippen molar-refractivity contribution in [2.24, 2.45) is 0 Å². The molecule has 0 aromatic carbocycles. The highest BCUT2D eigenvalue weighted by atomic mass is 16.5. The van der Waals surface area contributed by atoms with Crippen LogP contribution in [0.15, 0.2) is 0 Å². The standard InChI is InChI=1S/C7H12O2/c1-9-7-5-3-2-4-6(7)8/h7H,2-5H2,1H3/i1D3. The Morgan fingerprint density at radius 2 is 2.67 bits per heavy atom. The van der Waals surface area contributed by atoms with Crippen LogP contribution in [0.1, 0.15) is 29.8 Å². The lowest BCUT2D eigenvalue weighted by molar-refractivity contribution is -0.131. The molecule has 9 heavy (non-hydrogen) atoms. The molecule has 1 saturated carbocycles. The van der Waals surface area contributed by atoms with Gasteiger partial charge in [0.05, 0.1) is 4.11 Å². The second-order valence-corrected chi connectivity index (χ2v) is 2.32. The summed E-state index contributed by atoms with van der Waals surface area (Å²) >= 11 is 0. The van der Waals surface area contributed by atoms with E-state index in [9.17, 15) is 4.79 Å². The first kappa shape index (κ1) is 3.71. The fraction of sp³-hybridized carbons (Fsp3) is 0.857. The zero-order valence-electron chi connectivity index (χ0n) is 8.22. The van der Waals surface area contributed by atoms with Crippen molar-refractivity contribution in [2.75, 3.05) is 7.04 Å². The van der Waals surface area contributed by atoms with E-state index < -0.39 is 13.1 Å². The minimum atomic E-state index is -2.43. The molecule has 52 valence electrons. The minimum absolute atomic E-state index is 0.0719. The lowest BCUT2D eigenvalue weighted by Gasteiger charge is -2.17. The van der Waals surface area contributed by atoms with Gasteiger partial charge in [0.2, 0.25) is 0 Å². The molecule has 1 atom stereocenters. The summed E-state index contributed by atoms with van der Waals surface area (Å²) in [5.74, 6) is -0.0719. The fourth-order valence-electron chi connectivity index (χ4n) is 1.08. The molecular weight excluding hydrogens is 116 g/mol. The molecule has 0 aromatic heterocycles. The zero-order chi connectivity index (χ0) is 9.19. The number of carbonyl (C=O) groups excluding carboxylic acids is 1. The maximum Gasteiger partial charge on any atom is 0.161 e. The third kappa shape index (κ3) is 1.52. The van der Waals surface area contributed by atoms with Gasteiger partial charge in [-0.1, -0.05) is 0 Å².